The largest absolute Gasteiger partial charge is 0.497 e. The molecule has 1 saturated heterocycles. The Morgan fingerprint density at radius 2 is 1.67 bits per heavy atom. The number of methoxy groups -OCH3 is 1. The maximum absolute atomic E-state index is 5.63. The van der Waals surface area contributed by atoms with Crippen molar-refractivity contribution in [1.82, 2.24) is 4.90 Å². The van der Waals surface area contributed by atoms with Crippen molar-refractivity contribution >= 4 is 28.7 Å². The molecule has 1 aliphatic rings. The first kappa shape index (κ1) is 19.5. The van der Waals surface area contributed by atoms with Gasteiger partial charge in [-0.25, -0.2) is 0 Å². The van der Waals surface area contributed by atoms with E-state index in [2.05, 4.69) is 72.3 Å². The van der Waals surface area contributed by atoms with Gasteiger partial charge in [-0.3, -0.25) is 0 Å². The third-order valence-corrected chi connectivity index (χ3v) is 5.35. The Labute approximate surface area is 168 Å². The quantitative estimate of drug-likeness (QED) is 0.787. The predicted molar refractivity (Wildman–Crippen MR) is 118 cm³/mol. The van der Waals surface area contributed by atoms with Gasteiger partial charge >= 0.3 is 0 Å². The molecule has 0 radical (unpaired) electrons. The molecule has 1 fully saturated rings. The number of nitrogens with zero attached hydrogens (tertiary/aromatic N) is 2. The van der Waals surface area contributed by atoms with E-state index >= 15 is 0 Å². The van der Waals surface area contributed by atoms with Crippen molar-refractivity contribution in [2.24, 2.45) is 0 Å². The SMILES string of the molecule is COc1cccc(N2CCN(C(=S)Nc3ccc(C(C)(C)C)cc3)CC2)c1. The van der Waals surface area contributed by atoms with E-state index in [0.717, 1.165) is 42.7 Å². The van der Waals surface area contributed by atoms with Crippen LogP contribution in [-0.2, 0) is 5.41 Å². The van der Waals surface area contributed by atoms with Gasteiger partial charge in [-0.2, -0.15) is 0 Å². The van der Waals surface area contributed by atoms with Crippen molar-refractivity contribution in [3.8, 4) is 5.75 Å². The van der Waals surface area contributed by atoms with Crippen LogP contribution in [0.25, 0.3) is 0 Å². The van der Waals surface area contributed by atoms with Crippen LogP contribution in [0, 0.1) is 0 Å². The fourth-order valence-electron chi connectivity index (χ4n) is 3.23. The number of piperazine rings is 1. The van der Waals surface area contributed by atoms with Gasteiger partial charge in [0.25, 0.3) is 0 Å². The van der Waals surface area contributed by atoms with Gasteiger partial charge in [0.1, 0.15) is 5.75 Å². The molecule has 144 valence electrons. The number of nitrogens with one attached hydrogen (secondary N) is 1. The van der Waals surface area contributed by atoms with Crippen LogP contribution >= 0.6 is 12.2 Å². The highest BCUT2D eigenvalue weighted by Crippen LogP contribution is 2.24. The molecular formula is C22H29N3OS. The molecule has 0 aromatic heterocycles. The van der Waals surface area contributed by atoms with Crippen LogP contribution in [0.2, 0.25) is 0 Å². The van der Waals surface area contributed by atoms with Gasteiger partial charge in [-0.05, 0) is 47.5 Å². The first-order valence-electron chi connectivity index (χ1n) is 9.42. The van der Waals surface area contributed by atoms with Gasteiger partial charge in [0.15, 0.2) is 5.11 Å². The van der Waals surface area contributed by atoms with Gasteiger partial charge in [0.2, 0.25) is 0 Å². The Hall–Kier alpha value is -2.27. The Balaban J connectivity index is 1.55. The molecule has 0 aliphatic carbocycles. The van der Waals surface area contributed by atoms with E-state index in [9.17, 15) is 0 Å². The summed E-state index contributed by atoms with van der Waals surface area (Å²) >= 11 is 5.63. The minimum absolute atomic E-state index is 0.162. The van der Waals surface area contributed by atoms with E-state index in [-0.39, 0.29) is 5.41 Å². The molecule has 0 amide bonds. The van der Waals surface area contributed by atoms with Gasteiger partial charge in [0.05, 0.1) is 7.11 Å². The van der Waals surface area contributed by atoms with E-state index in [1.807, 2.05) is 12.1 Å². The number of anilines is 2. The molecule has 0 atom stereocenters. The topological polar surface area (TPSA) is 27.7 Å². The minimum Gasteiger partial charge on any atom is -0.497 e. The summed E-state index contributed by atoms with van der Waals surface area (Å²) in [5, 5.41) is 4.18. The molecular weight excluding hydrogens is 354 g/mol. The Morgan fingerprint density at radius 1 is 1.00 bits per heavy atom. The highest BCUT2D eigenvalue weighted by atomic mass is 32.1. The van der Waals surface area contributed by atoms with Crippen molar-refractivity contribution in [2.45, 2.75) is 26.2 Å². The van der Waals surface area contributed by atoms with Crippen LogP contribution < -0.4 is 15.0 Å². The van der Waals surface area contributed by atoms with Crippen molar-refractivity contribution in [1.29, 1.82) is 0 Å². The van der Waals surface area contributed by atoms with Crippen LogP contribution in [-0.4, -0.2) is 43.3 Å². The molecule has 2 aromatic carbocycles. The summed E-state index contributed by atoms with van der Waals surface area (Å²) < 4.78 is 5.33. The minimum atomic E-state index is 0.162. The Kier molecular flexibility index (Phi) is 5.90. The van der Waals surface area contributed by atoms with Crippen LogP contribution in [0.4, 0.5) is 11.4 Å². The Bertz CT molecular complexity index is 775. The summed E-state index contributed by atoms with van der Waals surface area (Å²) in [5.41, 5.74) is 3.73. The second-order valence-corrected chi connectivity index (χ2v) is 8.32. The lowest BCUT2D eigenvalue weighted by Gasteiger charge is -2.37. The average molecular weight is 384 g/mol. The zero-order valence-corrected chi connectivity index (χ0v) is 17.5. The molecule has 3 rings (SSSR count). The third kappa shape index (κ3) is 4.92. The smallest absolute Gasteiger partial charge is 0.173 e. The molecule has 4 nitrogen and oxygen atoms in total. The standard InChI is InChI=1S/C22H29N3OS/c1-22(2,3)17-8-10-18(11-9-17)23-21(27)25-14-12-24(13-15-25)19-6-5-7-20(16-19)26-4/h5-11,16H,12-15H2,1-4H3,(H,23,27). The van der Waals surface area contributed by atoms with Crippen molar-refractivity contribution in [3.63, 3.8) is 0 Å². The normalized spacial score (nSPS) is 14.8. The second-order valence-electron chi connectivity index (χ2n) is 7.93. The van der Waals surface area contributed by atoms with Crippen molar-refractivity contribution in [3.05, 3.63) is 54.1 Å². The summed E-state index contributed by atoms with van der Waals surface area (Å²) in [4.78, 5) is 4.61. The van der Waals surface area contributed by atoms with Gasteiger partial charge in [-0.1, -0.05) is 39.0 Å². The lowest BCUT2D eigenvalue weighted by atomic mass is 9.87. The molecule has 2 aromatic rings. The highest BCUT2D eigenvalue weighted by molar-refractivity contribution is 7.80. The number of benzene rings is 2. The summed E-state index contributed by atoms with van der Waals surface area (Å²) in [6.07, 6.45) is 0. The lowest BCUT2D eigenvalue weighted by molar-refractivity contribution is 0.389. The number of rotatable bonds is 3. The van der Waals surface area contributed by atoms with E-state index in [1.54, 1.807) is 7.11 Å². The zero-order chi connectivity index (χ0) is 19.4. The number of ether oxygens (including phenoxy) is 1. The van der Waals surface area contributed by atoms with Gasteiger partial charge in [0, 0.05) is 43.6 Å². The van der Waals surface area contributed by atoms with Crippen LogP contribution in [0.3, 0.4) is 0 Å². The first-order chi connectivity index (χ1) is 12.9. The van der Waals surface area contributed by atoms with Crippen molar-refractivity contribution < 1.29 is 4.74 Å². The van der Waals surface area contributed by atoms with E-state index in [0.29, 0.717) is 0 Å². The number of hydrogen-bond donors (Lipinski definition) is 1. The predicted octanol–water partition coefficient (Wildman–Crippen LogP) is 4.51. The second kappa shape index (κ2) is 8.17. The Morgan fingerprint density at radius 3 is 2.26 bits per heavy atom. The molecule has 27 heavy (non-hydrogen) atoms. The maximum Gasteiger partial charge on any atom is 0.173 e. The summed E-state index contributed by atoms with van der Waals surface area (Å²) in [7, 11) is 1.70. The van der Waals surface area contributed by atoms with Gasteiger partial charge < -0.3 is 19.9 Å². The third-order valence-electron chi connectivity index (χ3n) is 4.99. The number of thiocarbonyl (C=S) groups is 1. The summed E-state index contributed by atoms with van der Waals surface area (Å²) in [6, 6.07) is 16.8. The van der Waals surface area contributed by atoms with Crippen LogP contribution in [0.1, 0.15) is 26.3 Å². The molecule has 5 heteroatoms. The van der Waals surface area contributed by atoms with E-state index in [4.69, 9.17) is 17.0 Å². The highest BCUT2D eigenvalue weighted by Gasteiger charge is 2.20. The van der Waals surface area contributed by atoms with E-state index in [1.165, 1.54) is 11.3 Å². The van der Waals surface area contributed by atoms with E-state index < -0.39 is 0 Å². The van der Waals surface area contributed by atoms with Crippen LogP contribution in [0.5, 0.6) is 5.75 Å². The molecule has 1 N–H and O–H groups in total. The average Bonchev–Trinajstić information content (AvgIpc) is 2.68. The molecule has 0 spiro atoms. The summed E-state index contributed by atoms with van der Waals surface area (Å²) in [6.45, 7) is 10.4. The molecule has 0 saturated carbocycles. The summed E-state index contributed by atoms with van der Waals surface area (Å²) in [5.74, 6) is 0.894. The molecule has 0 bridgehead atoms. The molecule has 1 aliphatic heterocycles. The van der Waals surface area contributed by atoms with Crippen molar-refractivity contribution in [2.75, 3.05) is 43.5 Å². The fraction of sp³-hybridized carbons (Fsp3) is 0.409. The number of hydrogen-bond acceptors (Lipinski definition) is 3. The maximum atomic E-state index is 5.63. The molecule has 0 unspecified atom stereocenters. The zero-order valence-electron chi connectivity index (χ0n) is 16.7. The van der Waals surface area contributed by atoms with Crippen LogP contribution in [0.15, 0.2) is 48.5 Å². The monoisotopic (exact) mass is 383 g/mol. The lowest BCUT2D eigenvalue weighted by Crippen LogP contribution is -2.50. The first-order valence-corrected chi connectivity index (χ1v) is 9.83. The fourth-order valence-corrected chi connectivity index (χ4v) is 3.53. The van der Waals surface area contributed by atoms with Gasteiger partial charge in [-0.15, -0.1) is 0 Å². The molecule has 1 heterocycles.